The Bertz CT molecular complexity index is 1670. The molecule has 10 heteroatoms. The number of alkyl halides is 3. The molecule has 1 heterocycles. The van der Waals surface area contributed by atoms with E-state index >= 15 is 0 Å². The number of rotatable bonds is 8. The number of carbonyl (C=O) groups excluding carboxylic acids is 1. The van der Waals surface area contributed by atoms with Crippen LogP contribution in [-0.2, 0) is 16.8 Å². The standard InChI is InChI=1S/C38H42ClF3N2O4/c1-22(2)48-34-20-31-25(17-33(34)47-4)18-35(45)44(36(31)23-8-12-28(39)13-9-23)29-14-10-26(11-15-29)37(3,46)27-16-24-6-5-7-32(30(24)19-27)43-21-38(40,41)42/h8-15,17,20,22,24,27,30,36,46H,5-7,16,18-19,21H2,1-4H3/t24?,27?,30?,36-,37?/m0/s1. The molecular formula is C38H42ClF3N2O4. The van der Waals surface area contributed by atoms with Crippen molar-refractivity contribution in [1.82, 2.24) is 0 Å². The van der Waals surface area contributed by atoms with Gasteiger partial charge in [-0.05, 0) is 123 Å². The molecule has 2 saturated carbocycles. The first-order valence-electron chi connectivity index (χ1n) is 16.6. The molecular weight excluding hydrogens is 641 g/mol. The highest BCUT2D eigenvalue weighted by atomic mass is 35.5. The number of nitrogens with zero attached hydrogens (tertiary/aromatic N) is 2. The number of fused-ring (bicyclic) bond motifs is 2. The van der Waals surface area contributed by atoms with Crippen LogP contribution < -0.4 is 14.4 Å². The largest absolute Gasteiger partial charge is 0.493 e. The first kappa shape index (κ1) is 34.3. The van der Waals surface area contributed by atoms with Crippen LogP contribution in [0.4, 0.5) is 18.9 Å². The van der Waals surface area contributed by atoms with E-state index in [1.165, 1.54) is 0 Å². The van der Waals surface area contributed by atoms with Crippen molar-refractivity contribution in [3.05, 3.63) is 87.9 Å². The van der Waals surface area contributed by atoms with Gasteiger partial charge < -0.3 is 19.5 Å². The number of methoxy groups -OCH3 is 1. The second-order valence-electron chi connectivity index (χ2n) is 13.8. The van der Waals surface area contributed by atoms with Gasteiger partial charge in [0.15, 0.2) is 11.5 Å². The van der Waals surface area contributed by atoms with Crippen LogP contribution >= 0.6 is 11.6 Å². The lowest BCUT2D eigenvalue weighted by atomic mass is 9.80. The zero-order chi connectivity index (χ0) is 34.4. The van der Waals surface area contributed by atoms with Crippen molar-refractivity contribution in [3.8, 4) is 11.5 Å². The molecule has 1 aliphatic heterocycles. The normalized spacial score (nSPS) is 24.8. The van der Waals surface area contributed by atoms with Crippen molar-refractivity contribution in [3.63, 3.8) is 0 Å². The fraction of sp³-hybridized carbons (Fsp3) is 0.474. The molecule has 0 saturated heterocycles. The Balaban J connectivity index is 1.31. The molecule has 0 radical (unpaired) electrons. The van der Waals surface area contributed by atoms with Crippen LogP contribution in [0.2, 0.25) is 5.02 Å². The minimum atomic E-state index is -4.33. The van der Waals surface area contributed by atoms with Gasteiger partial charge in [0, 0.05) is 22.3 Å². The molecule has 4 unspecified atom stereocenters. The Labute approximate surface area is 284 Å². The Hall–Kier alpha value is -3.56. The van der Waals surface area contributed by atoms with E-state index in [0.717, 1.165) is 36.0 Å². The lowest BCUT2D eigenvalue weighted by Crippen LogP contribution is -2.41. The minimum Gasteiger partial charge on any atom is -0.493 e. The number of benzene rings is 3. The molecule has 0 aromatic heterocycles. The molecule has 256 valence electrons. The summed E-state index contributed by atoms with van der Waals surface area (Å²) in [6, 6.07) is 18.3. The van der Waals surface area contributed by atoms with Gasteiger partial charge in [-0.2, -0.15) is 13.2 Å². The van der Waals surface area contributed by atoms with Gasteiger partial charge in [-0.15, -0.1) is 0 Å². The van der Waals surface area contributed by atoms with Crippen molar-refractivity contribution in [2.24, 2.45) is 22.7 Å². The lowest BCUT2D eigenvalue weighted by molar-refractivity contribution is -0.119. The molecule has 0 spiro atoms. The highest BCUT2D eigenvalue weighted by Crippen LogP contribution is 2.51. The first-order chi connectivity index (χ1) is 22.7. The number of aliphatic hydroxyl groups is 1. The van der Waals surface area contributed by atoms with Crippen molar-refractivity contribution >= 4 is 28.9 Å². The molecule has 1 N–H and O–H groups in total. The van der Waals surface area contributed by atoms with Crippen LogP contribution in [0, 0.1) is 17.8 Å². The average Bonchev–Trinajstić information content (AvgIpc) is 3.49. The smallest absolute Gasteiger partial charge is 0.407 e. The van der Waals surface area contributed by atoms with E-state index in [-0.39, 0.29) is 36.2 Å². The Morgan fingerprint density at radius 3 is 2.40 bits per heavy atom. The number of hydrogen-bond acceptors (Lipinski definition) is 5. The second-order valence-corrected chi connectivity index (χ2v) is 14.2. The van der Waals surface area contributed by atoms with Gasteiger partial charge in [-0.1, -0.05) is 35.9 Å². The Morgan fingerprint density at radius 2 is 1.75 bits per heavy atom. The van der Waals surface area contributed by atoms with Crippen molar-refractivity contribution in [2.75, 3.05) is 18.6 Å². The second kappa shape index (κ2) is 13.4. The lowest BCUT2D eigenvalue weighted by Gasteiger charge is -2.38. The summed E-state index contributed by atoms with van der Waals surface area (Å²) in [4.78, 5) is 19.7. The molecule has 3 aromatic rings. The molecule has 2 aliphatic carbocycles. The Kier molecular flexibility index (Phi) is 9.57. The van der Waals surface area contributed by atoms with Crippen LogP contribution in [0.15, 0.2) is 65.7 Å². The minimum absolute atomic E-state index is 0.0359. The molecule has 6 nitrogen and oxygen atoms in total. The monoisotopic (exact) mass is 682 g/mol. The molecule has 6 rings (SSSR count). The molecule has 48 heavy (non-hydrogen) atoms. The van der Waals surface area contributed by atoms with Crippen LogP contribution in [0.25, 0.3) is 0 Å². The summed E-state index contributed by atoms with van der Waals surface area (Å²) in [5, 5.41) is 12.5. The van der Waals surface area contributed by atoms with E-state index < -0.39 is 24.4 Å². The van der Waals surface area contributed by atoms with Gasteiger partial charge in [0.2, 0.25) is 5.91 Å². The van der Waals surface area contributed by atoms with E-state index in [4.69, 9.17) is 21.1 Å². The van der Waals surface area contributed by atoms with E-state index in [9.17, 15) is 23.1 Å². The summed E-state index contributed by atoms with van der Waals surface area (Å²) in [5.74, 6) is 1.12. The van der Waals surface area contributed by atoms with Gasteiger partial charge in [-0.25, -0.2) is 0 Å². The van der Waals surface area contributed by atoms with E-state index in [2.05, 4.69) is 4.99 Å². The summed E-state index contributed by atoms with van der Waals surface area (Å²) in [6.07, 6.45) is -0.583. The maximum absolute atomic E-state index is 13.9. The fourth-order valence-corrected chi connectivity index (χ4v) is 8.08. The topological polar surface area (TPSA) is 71.4 Å². The summed E-state index contributed by atoms with van der Waals surface area (Å²) in [6.45, 7) is 4.53. The molecule has 5 atom stereocenters. The highest BCUT2D eigenvalue weighted by molar-refractivity contribution is 6.30. The summed E-state index contributed by atoms with van der Waals surface area (Å²) in [5.41, 5.74) is 3.46. The van der Waals surface area contributed by atoms with Gasteiger partial charge >= 0.3 is 6.18 Å². The Morgan fingerprint density at radius 1 is 1.04 bits per heavy atom. The zero-order valence-electron chi connectivity index (χ0n) is 27.7. The van der Waals surface area contributed by atoms with Crippen molar-refractivity contribution in [2.45, 2.75) is 83.2 Å². The van der Waals surface area contributed by atoms with Crippen molar-refractivity contribution < 1.29 is 32.5 Å². The van der Waals surface area contributed by atoms with Crippen LogP contribution in [-0.4, -0.2) is 42.7 Å². The van der Waals surface area contributed by atoms with Gasteiger partial charge in [0.1, 0.15) is 6.54 Å². The molecule has 2 fully saturated rings. The predicted molar refractivity (Wildman–Crippen MR) is 181 cm³/mol. The number of carbonyl (C=O) groups is 1. The third-order valence-corrected chi connectivity index (χ3v) is 10.5. The van der Waals surface area contributed by atoms with Crippen LogP contribution in [0.1, 0.15) is 81.2 Å². The summed E-state index contributed by atoms with van der Waals surface area (Å²) in [7, 11) is 1.58. The number of anilines is 1. The fourth-order valence-electron chi connectivity index (χ4n) is 7.95. The van der Waals surface area contributed by atoms with E-state index in [0.29, 0.717) is 46.3 Å². The van der Waals surface area contributed by atoms with Crippen LogP contribution in [0.5, 0.6) is 11.5 Å². The quantitative estimate of drug-likeness (QED) is 0.258. The molecule has 1 amide bonds. The third kappa shape index (κ3) is 6.95. The third-order valence-electron chi connectivity index (χ3n) is 10.3. The maximum Gasteiger partial charge on any atom is 0.407 e. The molecule has 3 aliphatic rings. The van der Waals surface area contributed by atoms with Gasteiger partial charge in [0.25, 0.3) is 0 Å². The van der Waals surface area contributed by atoms with E-state index in [1.54, 1.807) is 18.9 Å². The van der Waals surface area contributed by atoms with Gasteiger partial charge in [-0.3, -0.25) is 9.79 Å². The van der Waals surface area contributed by atoms with Crippen LogP contribution in [0.3, 0.4) is 0 Å². The number of halogens is 4. The zero-order valence-corrected chi connectivity index (χ0v) is 28.4. The number of ether oxygens (including phenoxy) is 2. The first-order valence-corrected chi connectivity index (χ1v) is 17.0. The summed E-state index contributed by atoms with van der Waals surface area (Å²) < 4.78 is 50.6. The SMILES string of the molecule is COc1cc2c(cc1OC(C)C)[C@H](c1ccc(Cl)cc1)N(c1ccc(C(C)(O)C3CC4CCCC(=NCC(F)(F)F)C4C3)cc1)C(=O)C2. The average molecular weight is 683 g/mol. The predicted octanol–water partition coefficient (Wildman–Crippen LogP) is 8.85. The van der Waals surface area contributed by atoms with E-state index in [1.807, 2.05) is 74.5 Å². The molecule has 0 bridgehead atoms. The highest BCUT2D eigenvalue weighted by Gasteiger charge is 2.47. The molecule has 3 aromatic carbocycles. The van der Waals surface area contributed by atoms with Gasteiger partial charge in [0.05, 0.1) is 31.3 Å². The summed E-state index contributed by atoms with van der Waals surface area (Å²) >= 11 is 6.26. The maximum atomic E-state index is 13.9. The van der Waals surface area contributed by atoms with Crippen molar-refractivity contribution in [1.29, 1.82) is 0 Å². The number of amides is 1. The number of aliphatic imine (C=N–C) groups is 1. The number of hydrogen-bond donors (Lipinski definition) is 1.